The summed E-state index contributed by atoms with van der Waals surface area (Å²) >= 11 is 0. The highest BCUT2D eigenvalue weighted by atomic mass is 16.6. The minimum Gasteiger partial charge on any atom is -0.491 e. The Labute approximate surface area is 146 Å². The van der Waals surface area contributed by atoms with Crippen LogP contribution in [-0.4, -0.2) is 52.5 Å². The Kier molecular flexibility index (Phi) is 4.89. The van der Waals surface area contributed by atoms with Crippen LogP contribution in [0.3, 0.4) is 0 Å². The van der Waals surface area contributed by atoms with Gasteiger partial charge in [-0.2, -0.15) is 4.98 Å². The minimum absolute atomic E-state index is 0.0869. The predicted octanol–water partition coefficient (Wildman–Crippen LogP) is 2.47. The molecule has 25 heavy (non-hydrogen) atoms. The lowest BCUT2D eigenvalue weighted by atomic mass is 10.1. The summed E-state index contributed by atoms with van der Waals surface area (Å²) in [5.74, 6) is 1.23. The van der Waals surface area contributed by atoms with Crippen LogP contribution in [0.15, 0.2) is 34.9 Å². The molecule has 0 aliphatic carbocycles. The van der Waals surface area contributed by atoms with Crippen molar-refractivity contribution in [1.29, 1.82) is 0 Å². The van der Waals surface area contributed by atoms with E-state index in [-0.39, 0.29) is 18.1 Å². The first-order chi connectivity index (χ1) is 11.9. The van der Waals surface area contributed by atoms with E-state index in [2.05, 4.69) is 15.5 Å². The summed E-state index contributed by atoms with van der Waals surface area (Å²) in [5.41, 5.74) is -0.481. The molecule has 1 aliphatic heterocycles. The molecular formula is C17H22N4O4. The van der Waals surface area contributed by atoms with Gasteiger partial charge in [0, 0.05) is 0 Å². The number of anilines is 1. The Morgan fingerprint density at radius 3 is 2.84 bits per heavy atom. The topological polar surface area (TPSA) is 89.7 Å². The van der Waals surface area contributed by atoms with Gasteiger partial charge in [-0.25, -0.2) is 4.79 Å². The van der Waals surface area contributed by atoms with Crippen molar-refractivity contribution in [2.45, 2.75) is 32.5 Å². The third-order valence-corrected chi connectivity index (χ3v) is 3.69. The summed E-state index contributed by atoms with van der Waals surface area (Å²) in [6.07, 6.45) is -0.237. The Balaban J connectivity index is 1.60. The molecule has 1 fully saturated rings. The molecule has 1 aliphatic rings. The number of ether oxygens (including phenoxy) is 2. The molecule has 3 rings (SSSR count). The smallest absolute Gasteiger partial charge is 0.329 e. The van der Waals surface area contributed by atoms with Crippen molar-refractivity contribution in [3.63, 3.8) is 0 Å². The average molecular weight is 346 g/mol. The van der Waals surface area contributed by atoms with Crippen LogP contribution in [0.5, 0.6) is 5.75 Å². The zero-order chi connectivity index (χ0) is 17.9. The highest BCUT2D eigenvalue weighted by Gasteiger charge is 2.36. The van der Waals surface area contributed by atoms with Gasteiger partial charge in [0.25, 0.3) is 0 Å². The van der Waals surface area contributed by atoms with E-state index in [9.17, 15) is 4.79 Å². The Hall–Kier alpha value is -2.61. The summed E-state index contributed by atoms with van der Waals surface area (Å²) < 4.78 is 16.7. The third kappa shape index (κ3) is 4.69. The molecule has 1 unspecified atom stereocenters. The largest absolute Gasteiger partial charge is 0.491 e. The molecule has 2 aromatic rings. The molecule has 0 radical (unpaired) electrons. The molecule has 1 saturated heterocycles. The van der Waals surface area contributed by atoms with Crippen molar-refractivity contribution >= 4 is 12.0 Å². The number of morpholine rings is 1. The monoisotopic (exact) mass is 346 g/mol. The molecular weight excluding hydrogens is 324 g/mol. The van der Waals surface area contributed by atoms with Crippen LogP contribution < -0.4 is 10.1 Å². The first-order valence-electron chi connectivity index (χ1n) is 8.13. The van der Waals surface area contributed by atoms with Crippen LogP contribution in [0.25, 0.3) is 0 Å². The number of rotatable bonds is 4. The number of benzene rings is 1. The molecule has 1 atom stereocenters. The van der Waals surface area contributed by atoms with Gasteiger partial charge in [-0.05, 0) is 32.9 Å². The van der Waals surface area contributed by atoms with Gasteiger partial charge >= 0.3 is 12.0 Å². The zero-order valence-corrected chi connectivity index (χ0v) is 14.6. The van der Waals surface area contributed by atoms with Crippen molar-refractivity contribution in [1.82, 2.24) is 15.0 Å². The van der Waals surface area contributed by atoms with Crippen molar-refractivity contribution in [2.75, 3.05) is 25.0 Å². The van der Waals surface area contributed by atoms with Crippen LogP contribution in [-0.2, 0) is 4.74 Å². The molecule has 0 bridgehead atoms. The van der Waals surface area contributed by atoms with Gasteiger partial charge in [0.1, 0.15) is 18.5 Å². The maximum Gasteiger partial charge on any atom is 0.329 e. The van der Waals surface area contributed by atoms with Gasteiger partial charge in [0.05, 0.1) is 18.7 Å². The Morgan fingerprint density at radius 1 is 1.40 bits per heavy atom. The number of aryl methyl sites for hydroxylation is 1. The van der Waals surface area contributed by atoms with Gasteiger partial charge in [-0.3, -0.25) is 5.32 Å². The zero-order valence-electron chi connectivity index (χ0n) is 14.6. The molecule has 2 amide bonds. The predicted molar refractivity (Wildman–Crippen MR) is 90.5 cm³/mol. The number of nitrogens with one attached hydrogen (secondary N) is 1. The van der Waals surface area contributed by atoms with Crippen molar-refractivity contribution in [3.8, 4) is 5.75 Å². The van der Waals surface area contributed by atoms with Gasteiger partial charge in [0.2, 0.25) is 0 Å². The number of urea groups is 1. The van der Waals surface area contributed by atoms with Gasteiger partial charge in [-0.1, -0.05) is 23.4 Å². The Morgan fingerprint density at radius 2 is 2.16 bits per heavy atom. The lowest BCUT2D eigenvalue weighted by molar-refractivity contribution is -0.134. The van der Waals surface area contributed by atoms with E-state index in [0.29, 0.717) is 25.5 Å². The standard InChI is InChI=1S/C17H22N4O4/c1-12-18-15(25-20-12)19-16(22)21-9-14(24-17(2,3)11-21)10-23-13-7-5-4-6-8-13/h4-8,14H,9-11H2,1-3H3,(H,18,19,20,22). The fourth-order valence-corrected chi connectivity index (χ4v) is 2.76. The van der Waals surface area contributed by atoms with E-state index in [4.69, 9.17) is 14.0 Å². The van der Waals surface area contributed by atoms with E-state index in [0.717, 1.165) is 5.75 Å². The van der Waals surface area contributed by atoms with Crippen LogP contribution in [0.4, 0.5) is 10.8 Å². The first kappa shape index (κ1) is 17.2. The summed E-state index contributed by atoms with van der Waals surface area (Å²) in [7, 11) is 0. The number of carbonyl (C=O) groups excluding carboxylic acids is 1. The fraction of sp³-hybridized carbons (Fsp3) is 0.471. The van der Waals surface area contributed by atoms with Crippen LogP contribution in [0.2, 0.25) is 0 Å². The van der Waals surface area contributed by atoms with E-state index in [1.54, 1.807) is 11.8 Å². The van der Waals surface area contributed by atoms with Crippen LogP contribution in [0, 0.1) is 6.92 Å². The van der Waals surface area contributed by atoms with E-state index >= 15 is 0 Å². The molecule has 0 saturated carbocycles. The van der Waals surface area contributed by atoms with Crippen molar-refractivity contribution in [2.24, 2.45) is 0 Å². The van der Waals surface area contributed by atoms with E-state index in [1.807, 2.05) is 44.2 Å². The van der Waals surface area contributed by atoms with Gasteiger partial charge in [0.15, 0.2) is 5.82 Å². The molecule has 8 nitrogen and oxygen atoms in total. The fourth-order valence-electron chi connectivity index (χ4n) is 2.76. The lowest BCUT2D eigenvalue weighted by Gasteiger charge is -2.42. The van der Waals surface area contributed by atoms with Crippen LogP contribution in [0.1, 0.15) is 19.7 Å². The quantitative estimate of drug-likeness (QED) is 0.915. The van der Waals surface area contributed by atoms with Crippen LogP contribution >= 0.6 is 0 Å². The maximum atomic E-state index is 12.5. The van der Waals surface area contributed by atoms with Gasteiger partial charge < -0.3 is 18.9 Å². The SMILES string of the molecule is Cc1noc(NC(=O)N2CC(COc3ccccc3)OC(C)(C)C2)n1. The minimum atomic E-state index is -0.481. The van der Waals surface area contributed by atoms with E-state index < -0.39 is 5.60 Å². The molecule has 1 aromatic carbocycles. The van der Waals surface area contributed by atoms with E-state index in [1.165, 1.54) is 0 Å². The van der Waals surface area contributed by atoms with Crippen molar-refractivity contribution in [3.05, 3.63) is 36.2 Å². The number of para-hydroxylation sites is 1. The molecule has 134 valence electrons. The number of carbonyl (C=O) groups is 1. The van der Waals surface area contributed by atoms with Gasteiger partial charge in [-0.15, -0.1) is 0 Å². The molecule has 1 aromatic heterocycles. The summed E-state index contributed by atoms with van der Waals surface area (Å²) in [4.78, 5) is 18.1. The number of hydrogen-bond donors (Lipinski definition) is 1. The molecule has 1 N–H and O–H groups in total. The second-order valence-electron chi connectivity index (χ2n) is 6.58. The maximum absolute atomic E-state index is 12.5. The molecule has 2 heterocycles. The van der Waals surface area contributed by atoms with Crippen molar-refractivity contribution < 1.29 is 18.8 Å². The number of amides is 2. The number of hydrogen-bond acceptors (Lipinski definition) is 6. The number of aromatic nitrogens is 2. The summed E-state index contributed by atoms with van der Waals surface area (Å²) in [6, 6.07) is 9.30. The second-order valence-corrected chi connectivity index (χ2v) is 6.58. The lowest BCUT2D eigenvalue weighted by Crippen LogP contribution is -2.57. The highest BCUT2D eigenvalue weighted by Crippen LogP contribution is 2.22. The summed E-state index contributed by atoms with van der Waals surface area (Å²) in [6.45, 7) is 6.80. The summed E-state index contributed by atoms with van der Waals surface area (Å²) in [5, 5.41) is 6.27. The number of nitrogens with zero attached hydrogens (tertiary/aromatic N) is 3. The average Bonchev–Trinajstić information content (AvgIpc) is 2.97. The Bertz CT molecular complexity index is 716. The molecule has 8 heteroatoms. The first-order valence-corrected chi connectivity index (χ1v) is 8.13. The third-order valence-electron chi connectivity index (χ3n) is 3.69. The highest BCUT2D eigenvalue weighted by molar-refractivity contribution is 5.87. The second kappa shape index (κ2) is 7.10. The normalized spacial score (nSPS) is 19.5. The molecule has 0 spiro atoms.